The zero-order chi connectivity index (χ0) is 18.9. The van der Waals surface area contributed by atoms with Gasteiger partial charge in [-0.1, -0.05) is 13.8 Å². The maximum atomic E-state index is 12.3. The Morgan fingerprint density at radius 2 is 1.88 bits per heavy atom. The van der Waals surface area contributed by atoms with Gasteiger partial charge in [-0.2, -0.15) is 0 Å². The minimum absolute atomic E-state index is 0.0441. The minimum atomic E-state index is -0.269. The van der Waals surface area contributed by atoms with E-state index in [1.165, 1.54) is 6.42 Å². The lowest BCUT2D eigenvalue weighted by molar-refractivity contribution is 0.0889. The van der Waals surface area contributed by atoms with Crippen LogP contribution in [0.4, 0.5) is 4.79 Å². The summed E-state index contributed by atoms with van der Waals surface area (Å²) in [6.07, 6.45) is 4.03. The largest absolute Gasteiger partial charge is 0.394 e. The summed E-state index contributed by atoms with van der Waals surface area (Å²) in [6.45, 7) is 8.32. The van der Waals surface area contributed by atoms with Gasteiger partial charge in [-0.05, 0) is 44.4 Å². The summed E-state index contributed by atoms with van der Waals surface area (Å²) in [7, 11) is 0. The fraction of sp³-hybridized carbons (Fsp3) is 0.944. The molecule has 1 saturated heterocycles. The quantitative estimate of drug-likeness (QED) is 0.343. The zero-order valence-corrected chi connectivity index (χ0v) is 16.4. The van der Waals surface area contributed by atoms with Crippen molar-refractivity contribution in [2.45, 2.75) is 71.0 Å². The lowest BCUT2D eigenvalue weighted by Gasteiger charge is -2.37. The number of hydrogen-bond acceptors (Lipinski definition) is 6. The summed E-state index contributed by atoms with van der Waals surface area (Å²) in [5, 5.41) is 24.9. The van der Waals surface area contributed by atoms with Crippen LogP contribution in [-0.2, 0) is 4.74 Å². The predicted octanol–water partition coefficient (Wildman–Crippen LogP) is 0.290. The van der Waals surface area contributed by atoms with Gasteiger partial charge in [0.25, 0.3) is 0 Å². The zero-order valence-electron chi connectivity index (χ0n) is 16.4. The lowest BCUT2D eigenvalue weighted by Crippen LogP contribution is -2.68. The van der Waals surface area contributed by atoms with E-state index >= 15 is 0 Å². The van der Waals surface area contributed by atoms with Crippen LogP contribution in [0, 0.1) is 11.8 Å². The van der Waals surface area contributed by atoms with E-state index in [1.807, 2.05) is 0 Å². The van der Waals surface area contributed by atoms with Crippen LogP contribution in [-0.4, -0.2) is 62.0 Å². The lowest BCUT2D eigenvalue weighted by atomic mass is 9.79. The molecule has 6 unspecified atom stereocenters. The molecule has 2 amide bonds. The molecule has 6 N–H and O–H groups in total. The van der Waals surface area contributed by atoms with Crippen molar-refractivity contribution in [1.29, 1.82) is 0 Å². The summed E-state index contributed by atoms with van der Waals surface area (Å²) >= 11 is 0. The van der Waals surface area contributed by atoms with Gasteiger partial charge in [0.15, 0.2) is 0 Å². The molecule has 0 aromatic carbocycles. The first-order valence-electron chi connectivity index (χ1n) is 9.99. The second-order valence-electron chi connectivity index (χ2n) is 7.83. The monoisotopic (exact) mass is 371 g/mol. The van der Waals surface area contributed by atoms with E-state index in [0.717, 1.165) is 25.2 Å². The minimum Gasteiger partial charge on any atom is -0.394 e. The van der Waals surface area contributed by atoms with Gasteiger partial charge in [0.1, 0.15) is 6.29 Å². The summed E-state index contributed by atoms with van der Waals surface area (Å²) in [5.74, 6) is 1.40. The molecule has 1 aliphatic carbocycles. The van der Waals surface area contributed by atoms with E-state index < -0.39 is 0 Å². The standard InChI is InChI=1S/C18H37N5O3/c1-12-4-5-15(10-13(12)2)21-18(25)23-17-20-14(3)11-16(22-17)19-6-8-26-9-7-24/h12-17,19-20,22,24H,4-11H2,1-3H3,(H2,21,23,25). The molecular formula is C18H37N5O3. The van der Waals surface area contributed by atoms with E-state index in [9.17, 15) is 4.79 Å². The molecular weight excluding hydrogens is 334 g/mol. The molecule has 1 saturated carbocycles. The molecule has 8 nitrogen and oxygen atoms in total. The van der Waals surface area contributed by atoms with Crippen LogP contribution in [0.2, 0.25) is 0 Å². The molecule has 0 radical (unpaired) electrons. The Labute approximate surface area is 157 Å². The Bertz CT molecular complexity index is 426. The summed E-state index contributed by atoms with van der Waals surface area (Å²) in [4.78, 5) is 12.3. The van der Waals surface area contributed by atoms with Crippen molar-refractivity contribution < 1.29 is 14.6 Å². The van der Waals surface area contributed by atoms with Gasteiger partial charge in [-0.25, -0.2) is 4.79 Å². The molecule has 0 spiro atoms. The maximum absolute atomic E-state index is 12.3. The van der Waals surface area contributed by atoms with Gasteiger partial charge in [0.2, 0.25) is 0 Å². The second-order valence-corrected chi connectivity index (χ2v) is 7.83. The number of amides is 2. The highest BCUT2D eigenvalue weighted by atomic mass is 16.5. The molecule has 0 aromatic heterocycles. The molecule has 1 heterocycles. The molecule has 26 heavy (non-hydrogen) atoms. The van der Waals surface area contributed by atoms with Crippen molar-refractivity contribution in [2.24, 2.45) is 11.8 Å². The molecule has 0 bridgehead atoms. The fourth-order valence-electron chi connectivity index (χ4n) is 3.76. The third-order valence-electron chi connectivity index (χ3n) is 5.49. The molecule has 2 rings (SSSR count). The van der Waals surface area contributed by atoms with Crippen LogP contribution < -0.4 is 26.6 Å². The van der Waals surface area contributed by atoms with Crippen molar-refractivity contribution in [3.63, 3.8) is 0 Å². The van der Waals surface area contributed by atoms with E-state index in [-0.39, 0.29) is 37.2 Å². The second kappa shape index (κ2) is 11.0. The molecule has 152 valence electrons. The number of carbonyl (C=O) groups excluding carboxylic acids is 1. The normalized spacial score (nSPS) is 35.1. The van der Waals surface area contributed by atoms with Gasteiger partial charge < -0.3 is 20.5 Å². The smallest absolute Gasteiger partial charge is 0.317 e. The molecule has 2 fully saturated rings. The van der Waals surface area contributed by atoms with Crippen molar-refractivity contribution >= 4 is 6.03 Å². The van der Waals surface area contributed by atoms with E-state index in [1.54, 1.807) is 0 Å². The number of aliphatic hydroxyl groups is 1. The number of hydrogen-bond donors (Lipinski definition) is 6. The Hall–Kier alpha value is -0.930. The molecule has 2 aliphatic rings. The van der Waals surface area contributed by atoms with Crippen LogP contribution in [0.25, 0.3) is 0 Å². The first-order chi connectivity index (χ1) is 12.5. The highest BCUT2D eigenvalue weighted by Crippen LogP contribution is 2.29. The highest BCUT2D eigenvalue weighted by molar-refractivity contribution is 5.74. The highest BCUT2D eigenvalue weighted by Gasteiger charge is 2.28. The number of urea groups is 1. The van der Waals surface area contributed by atoms with Crippen LogP contribution >= 0.6 is 0 Å². The molecule has 1 aliphatic heterocycles. The van der Waals surface area contributed by atoms with Crippen LogP contribution in [0.15, 0.2) is 0 Å². The Balaban J connectivity index is 1.69. The Morgan fingerprint density at radius 1 is 1.08 bits per heavy atom. The van der Waals surface area contributed by atoms with Gasteiger partial charge in [0, 0.05) is 18.6 Å². The predicted molar refractivity (Wildman–Crippen MR) is 101 cm³/mol. The van der Waals surface area contributed by atoms with E-state index in [0.29, 0.717) is 25.7 Å². The third-order valence-corrected chi connectivity index (χ3v) is 5.49. The van der Waals surface area contributed by atoms with E-state index in [4.69, 9.17) is 9.84 Å². The van der Waals surface area contributed by atoms with Crippen LogP contribution in [0.3, 0.4) is 0 Å². The van der Waals surface area contributed by atoms with Gasteiger partial charge in [-0.15, -0.1) is 0 Å². The van der Waals surface area contributed by atoms with Crippen molar-refractivity contribution in [2.75, 3.05) is 26.4 Å². The molecule has 6 atom stereocenters. The number of aliphatic hydroxyl groups excluding tert-OH is 1. The van der Waals surface area contributed by atoms with Crippen LogP contribution in [0.1, 0.15) is 46.5 Å². The molecule has 8 heteroatoms. The Morgan fingerprint density at radius 3 is 2.62 bits per heavy atom. The number of ether oxygens (including phenoxy) is 1. The third kappa shape index (κ3) is 7.36. The van der Waals surface area contributed by atoms with E-state index in [2.05, 4.69) is 47.4 Å². The number of carbonyl (C=O) groups is 1. The van der Waals surface area contributed by atoms with Gasteiger partial charge in [0.05, 0.1) is 26.0 Å². The van der Waals surface area contributed by atoms with Gasteiger partial charge >= 0.3 is 6.03 Å². The average Bonchev–Trinajstić information content (AvgIpc) is 2.57. The van der Waals surface area contributed by atoms with Crippen LogP contribution in [0.5, 0.6) is 0 Å². The average molecular weight is 372 g/mol. The van der Waals surface area contributed by atoms with Crippen molar-refractivity contribution in [1.82, 2.24) is 26.6 Å². The maximum Gasteiger partial charge on any atom is 0.317 e. The molecule has 0 aromatic rings. The SMILES string of the molecule is CC1CC(NCCOCCO)NC(NC(=O)NC2CCC(C)C(C)C2)N1. The van der Waals surface area contributed by atoms with Crippen molar-refractivity contribution in [3.05, 3.63) is 0 Å². The summed E-state index contributed by atoms with van der Waals surface area (Å²) < 4.78 is 5.26. The fourth-order valence-corrected chi connectivity index (χ4v) is 3.76. The summed E-state index contributed by atoms with van der Waals surface area (Å²) in [6, 6.07) is 0.425. The Kier molecular flexibility index (Phi) is 9.07. The first kappa shape index (κ1) is 21.4. The first-order valence-corrected chi connectivity index (χ1v) is 9.99. The topological polar surface area (TPSA) is 107 Å². The summed E-state index contributed by atoms with van der Waals surface area (Å²) in [5.41, 5.74) is 0. The number of rotatable bonds is 8. The van der Waals surface area contributed by atoms with Gasteiger partial charge in [-0.3, -0.25) is 16.0 Å². The van der Waals surface area contributed by atoms with Crippen molar-refractivity contribution in [3.8, 4) is 0 Å². The number of nitrogens with one attached hydrogen (secondary N) is 5.